The van der Waals surface area contributed by atoms with Crippen molar-refractivity contribution in [1.29, 1.82) is 0 Å². The van der Waals surface area contributed by atoms with Crippen LogP contribution in [0.15, 0.2) is 11.4 Å². The monoisotopic (exact) mass is 253 g/mol. The van der Waals surface area contributed by atoms with Gasteiger partial charge in [-0.25, -0.2) is 0 Å². The van der Waals surface area contributed by atoms with E-state index in [-0.39, 0.29) is 5.91 Å². The standard InChI is InChI=1S/C11H15N3O2S/c1-7-5-14(3-2-13-7)11(16)9-4-8(6-17-9)10(12)15/h4,6-7,13H,2-3,5H2,1H3,(H2,12,15)/t7-/m0/s1. The van der Waals surface area contributed by atoms with Crippen LogP contribution >= 0.6 is 11.3 Å². The zero-order valence-corrected chi connectivity index (χ0v) is 10.4. The van der Waals surface area contributed by atoms with Crippen molar-refractivity contribution >= 4 is 23.2 Å². The molecule has 1 aliphatic heterocycles. The van der Waals surface area contributed by atoms with E-state index in [1.807, 2.05) is 6.92 Å². The zero-order chi connectivity index (χ0) is 12.4. The van der Waals surface area contributed by atoms with Gasteiger partial charge in [0.1, 0.15) is 0 Å². The van der Waals surface area contributed by atoms with Gasteiger partial charge >= 0.3 is 0 Å². The van der Waals surface area contributed by atoms with Crippen LogP contribution in [0.2, 0.25) is 0 Å². The summed E-state index contributed by atoms with van der Waals surface area (Å²) in [4.78, 5) is 25.5. The van der Waals surface area contributed by atoms with Crippen LogP contribution in [0.1, 0.15) is 27.0 Å². The topological polar surface area (TPSA) is 75.4 Å². The van der Waals surface area contributed by atoms with E-state index in [9.17, 15) is 9.59 Å². The second-order valence-corrected chi connectivity index (χ2v) is 5.08. The minimum absolute atomic E-state index is 0.0177. The number of nitrogens with zero attached hydrogens (tertiary/aromatic N) is 1. The first-order valence-electron chi connectivity index (χ1n) is 5.49. The van der Waals surface area contributed by atoms with Gasteiger partial charge in [0.15, 0.2) is 0 Å². The van der Waals surface area contributed by atoms with E-state index in [1.165, 1.54) is 11.3 Å². The first-order chi connectivity index (χ1) is 8.08. The summed E-state index contributed by atoms with van der Waals surface area (Å²) in [5, 5.41) is 4.90. The van der Waals surface area contributed by atoms with Gasteiger partial charge in [-0.3, -0.25) is 9.59 Å². The molecule has 0 aromatic carbocycles. The van der Waals surface area contributed by atoms with E-state index in [0.717, 1.165) is 6.54 Å². The molecule has 1 aliphatic rings. The molecule has 0 spiro atoms. The second-order valence-electron chi connectivity index (χ2n) is 4.17. The Morgan fingerprint density at radius 3 is 2.94 bits per heavy atom. The average molecular weight is 253 g/mol. The van der Waals surface area contributed by atoms with E-state index >= 15 is 0 Å². The van der Waals surface area contributed by atoms with Crippen LogP contribution in [0.25, 0.3) is 0 Å². The molecule has 1 fully saturated rings. The lowest BCUT2D eigenvalue weighted by Crippen LogP contribution is -2.51. The van der Waals surface area contributed by atoms with Gasteiger partial charge < -0.3 is 16.0 Å². The van der Waals surface area contributed by atoms with E-state index in [0.29, 0.717) is 29.6 Å². The van der Waals surface area contributed by atoms with Crippen molar-refractivity contribution in [2.75, 3.05) is 19.6 Å². The Morgan fingerprint density at radius 2 is 2.35 bits per heavy atom. The Labute approximate surface area is 104 Å². The summed E-state index contributed by atoms with van der Waals surface area (Å²) in [6.45, 7) is 4.25. The van der Waals surface area contributed by atoms with Crippen molar-refractivity contribution in [2.24, 2.45) is 5.73 Å². The minimum atomic E-state index is -0.492. The number of hydrogen-bond acceptors (Lipinski definition) is 4. The Hall–Kier alpha value is -1.40. The van der Waals surface area contributed by atoms with Crippen LogP contribution < -0.4 is 11.1 Å². The first kappa shape index (κ1) is 12.1. The molecule has 2 heterocycles. The Bertz CT molecular complexity index is 444. The minimum Gasteiger partial charge on any atom is -0.366 e. The normalized spacial score (nSPS) is 20.3. The molecule has 5 nitrogen and oxygen atoms in total. The summed E-state index contributed by atoms with van der Waals surface area (Å²) >= 11 is 1.27. The van der Waals surface area contributed by atoms with Gasteiger partial charge in [0.05, 0.1) is 10.4 Å². The number of hydrogen-bond donors (Lipinski definition) is 2. The number of primary amides is 1. The highest BCUT2D eigenvalue weighted by atomic mass is 32.1. The van der Waals surface area contributed by atoms with E-state index in [1.54, 1.807) is 16.3 Å². The number of piperazine rings is 1. The predicted octanol–water partition coefficient (Wildman–Crippen LogP) is 0.281. The van der Waals surface area contributed by atoms with Gasteiger partial charge in [-0.15, -0.1) is 11.3 Å². The fourth-order valence-electron chi connectivity index (χ4n) is 1.85. The third-order valence-corrected chi connectivity index (χ3v) is 3.67. The molecule has 0 aliphatic carbocycles. The highest BCUT2D eigenvalue weighted by Gasteiger charge is 2.23. The third-order valence-electron chi connectivity index (χ3n) is 2.75. The lowest BCUT2D eigenvalue weighted by atomic mass is 10.2. The summed E-state index contributed by atoms with van der Waals surface area (Å²) in [5.41, 5.74) is 5.56. The Balaban J connectivity index is 2.10. The van der Waals surface area contributed by atoms with Crippen LogP contribution in [-0.4, -0.2) is 42.4 Å². The molecule has 0 unspecified atom stereocenters. The summed E-state index contributed by atoms with van der Waals surface area (Å²) in [5.74, 6) is -0.509. The molecule has 2 rings (SSSR count). The molecule has 1 atom stereocenters. The first-order valence-corrected chi connectivity index (χ1v) is 6.37. The summed E-state index contributed by atoms with van der Waals surface area (Å²) in [7, 11) is 0. The molecule has 17 heavy (non-hydrogen) atoms. The van der Waals surface area contributed by atoms with Gasteiger partial charge in [-0.2, -0.15) is 0 Å². The molecular formula is C11H15N3O2S. The van der Waals surface area contributed by atoms with Crippen LogP contribution in [-0.2, 0) is 0 Å². The number of amides is 2. The van der Waals surface area contributed by atoms with Gasteiger partial charge in [-0.05, 0) is 13.0 Å². The Kier molecular flexibility index (Phi) is 3.44. The van der Waals surface area contributed by atoms with Crippen molar-refractivity contribution < 1.29 is 9.59 Å². The molecule has 2 amide bonds. The molecule has 6 heteroatoms. The van der Waals surface area contributed by atoms with E-state index in [2.05, 4.69) is 5.32 Å². The lowest BCUT2D eigenvalue weighted by Gasteiger charge is -2.31. The molecule has 0 radical (unpaired) electrons. The zero-order valence-electron chi connectivity index (χ0n) is 9.60. The summed E-state index contributed by atoms with van der Waals surface area (Å²) in [6, 6.07) is 1.88. The predicted molar refractivity (Wildman–Crippen MR) is 66.2 cm³/mol. The number of carbonyl (C=O) groups is 2. The molecule has 1 aromatic heterocycles. The van der Waals surface area contributed by atoms with Crippen LogP contribution in [0.5, 0.6) is 0 Å². The maximum absolute atomic E-state index is 12.1. The number of rotatable bonds is 2. The van der Waals surface area contributed by atoms with E-state index in [4.69, 9.17) is 5.73 Å². The average Bonchev–Trinajstić information content (AvgIpc) is 2.77. The van der Waals surface area contributed by atoms with Crippen LogP contribution in [0.3, 0.4) is 0 Å². The fraction of sp³-hybridized carbons (Fsp3) is 0.455. The van der Waals surface area contributed by atoms with Crippen LogP contribution in [0, 0.1) is 0 Å². The van der Waals surface area contributed by atoms with Crippen LogP contribution in [0.4, 0.5) is 0 Å². The van der Waals surface area contributed by atoms with Crippen molar-refractivity contribution in [3.8, 4) is 0 Å². The summed E-state index contributed by atoms with van der Waals surface area (Å²) in [6.07, 6.45) is 0. The molecule has 0 bridgehead atoms. The van der Waals surface area contributed by atoms with Gasteiger partial charge in [0.2, 0.25) is 5.91 Å². The molecule has 1 saturated heterocycles. The van der Waals surface area contributed by atoms with Crippen molar-refractivity contribution in [2.45, 2.75) is 13.0 Å². The van der Waals surface area contributed by atoms with Gasteiger partial charge in [0.25, 0.3) is 5.91 Å². The number of nitrogens with two attached hydrogens (primary N) is 1. The quantitative estimate of drug-likeness (QED) is 0.795. The van der Waals surface area contributed by atoms with Gasteiger partial charge in [-0.1, -0.05) is 0 Å². The SMILES string of the molecule is C[C@H]1CN(C(=O)c2cc(C(N)=O)cs2)CCN1. The summed E-state index contributed by atoms with van der Waals surface area (Å²) < 4.78 is 0. The maximum Gasteiger partial charge on any atom is 0.264 e. The van der Waals surface area contributed by atoms with E-state index < -0.39 is 5.91 Å². The highest BCUT2D eigenvalue weighted by Crippen LogP contribution is 2.17. The van der Waals surface area contributed by atoms with Crippen molar-refractivity contribution in [3.05, 3.63) is 21.9 Å². The number of thiophene rings is 1. The molecule has 0 saturated carbocycles. The van der Waals surface area contributed by atoms with Gasteiger partial charge in [0, 0.05) is 31.1 Å². The number of nitrogens with one attached hydrogen (secondary N) is 1. The molecule has 92 valence electrons. The van der Waals surface area contributed by atoms with Crippen molar-refractivity contribution in [3.63, 3.8) is 0 Å². The number of carbonyl (C=O) groups excluding carboxylic acids is 2. The molecular weight excluding hydrogens is 238 g/mol. The lowest BCUT2D eigenvalue weighted by molar-refractivity contribution is 0.0714. The Morgan fingerprint density at radius 1 is 1.59 bits per heavy atom. The second kappa shape index (κ2) is 4.85. The van der Waals surface area contributed by atoms with Crippen molar-refractivity contribution in [1.82, 2.24) is 10.2 Å². The highest BCUT2D eigenvalue weighted by molar-refractivity contribution is 7.12. The smallest absolute Gasteiger partial charge is 0.264 e. The third kappa shape index (κ3) is 2.65. The fourth-order valence-corrected chi connectivity index (χ4v) is 2.71. The largest absolute Gasteiger partial charge is 0.366 e. The molecule has 3 N–H and O–H groups in total. The molecule has 1 aromatic rings. The maximum atomic E-state index is 12.1.